The highest BCUT2D eigenvalue weighted by molar-refractivity contribution is 4.54. The van der Waals surface area contributed by atoms with Gasteiger partial charge in [-0.25, -0.2) is 0 Å². The molecular formula is C10H21O4. The van der Waals surface area contributed by atoms with Crippen molar-refractivity contribution in [3.8, 4) is 0 Å². The molecule has 0 aromatic rings. The van der Waals surface area contributed by atoms with Crippen LogP contribution in [-0.2, 0) is 14.2 Å². The highest BCUT2D eigenvalue weighted by Crippen LogP contribution is 2.01. The number of aliphatic hydroxyl groups is 1. The monoisotopic (exact) mass is 205 g/mol. The van der Waals surface area contributed by atoms with Crippen molar-refractivity contribution in [2.45, 2.75) is 39.3 Å². The lowest BCUT2D eigenvalue weighted by molar-refractivity contribution is -0.156. The Morgan fingerprint density at radius 3 is 2.36 bits per heavy atom. The molecule has 0 spiro atoms. The predicted octanol–water partition coefficient (Wildman–Crippen LogP) is 0.986. The largest absolute Gasteiger partial charge is 0.394 e. The van der Waals surface area contributed by atoms with Crippen molar-refractivity contribution in [3.05, 3.63) is 6.92 Å². The number of rotatable bonds is 8. The Hall–Kier alpha value is -0.160. The zero-order valence-electron chi connectivity index (χ0n) is 9.23. The standard InChI is InChI=1S/C10H21O4/c1-5-12-10(4)14-9(3)7-13-8(2)6-11/h8-11H,4-7H2,1-3H3. The molecule has 0 rings (SSSR count). The van der Waals surface area contributed by atoms with E-state index in [1.54, 1.807) is 6.92 Å². The van der Waals surface area contributed by atoms with E-state index in [1.165, 1.54) is 0 Å². The molecule has 0 aliphatic heterocycles. The Labute approximate surface area is 86.2 Å². The third-order valence-corrected chi connectivity index (χ3v) is 1.61. The van der Waals surface area contributed by atoms with Gasteiger partial charge in [0.05, 0.1) is 25.4 Å². The summed E-state index contributed by atoms with van der Waals surface area (Å²) in [7, 11) is 0. The number of ether oxygens (including phenoxy) is 3. The van der Waals surface area contributed by atoms with Crippen molar-refractivity contribution in [3.63, 3.8) is 0 Å². The number of hydrogen-bond acceptors (Lipinski definition) is 4. The molecule has 4 heteroatoms. The van der Waals surface area contributed by atoms with Crippen LogP contribution in [0.2, 0.25) is 0 Å². The topological polar surface area (TPSA) is 47.9 Å². The van der Waals surface area contributed by atoms with E-state index in [1.807, 2.05) is 13.8 Å². The van der Waals surface area contributed by atoms with E-state index in [9.17, 15) is 0 Å². The molecule has 0 bridgehead atoms. The maximum absolute atomic E-state index is 8.71. The van der Waals surface area contributed by atoms with Crippen molar-refractivity contribution in [1.82, 2.24) is 0 Å². The molecule has 3 unspecified atom stereocenters. The Kier molecular flexibility index (Phi) is 8.08. The summed E-state index contributed by atoms with van der Waals surface area (Å²) in [6, 6.07) is 0. The van der Waals surface area contributed by atoms with Crippen LogP contribution in [0.5, 0.6) is 0 Å². The normalized spacial score (nSPS) is 17.8. The highest BCUT2D eigenvalue weighted by atomic mass is 16.7. The maximum atomic E-state index is 8.71. The molecule has 0 saturated carbocycles. The van der Waals surface area contributed by atoms with Crippen molar-refractivity contribution in [2.75, 3.05) is 19.8 Å². The lowest BCUT2D eigenvalue weighted by atomic mass is 10.4. The predicted molar refractivity (Wildman–Crippen MR) is 53.8 cm³/mol. The molecule has 0 aromatic heterocycles. The van der Waals surface area contributed by atoms with Crippen molar-refractivity contribution >= 4 is 0 Å². The lowest BCUT2D eigenvalue weighted by Crippen LogP contribution is -2.26. The van der Waals surface area contributed by atoms with Gasteiger partial charge in [0.1, 0.15) is 0 Å². The third kappa shape index (κ3) is 7.26. The first-order valence-electron chi connectivity index (χ1n) is 4.92. The summed E-state index contributed by atoms with van der Waals surface area (Å²) in [5, 5.41) is 8.71. The summed E-state index contributed by atoms with van der Waals surface area (Å²) in [4.78, 5) is 0. The van der Waals surface area contributed by atoms with Crippen molar-refractivity contribution in [1.29, 1.82) is 0 Å². The molecule has 3 atom stereocenters. The summed E-state index contributed by atoms with van der Waals surface area (Å²) in [6.45, 7) is 10.3. The van der Waals surface area contributed by atoms with Gasteiger partial charge in [-0.05, 0) is 20.8 Å². The molecule has 4 nitrogen and oxygen atoms in total. The van der Waals surface area contributed by atoms with Gasteiger partial charge in [0.25, 0.3) is 0 Å². The van der Waals surface area contributed by atoms with Crippen molar-refractivity contribution < 1.29 is 19.3 Å². The van der Waals surface area contributed by atoms with Crippen LogP contribution in [0.25, 0.3) is 0 Å². The van der Waals surface area contributed by atoms with Gasteiger partial charge in [0.15, 0.2) is 6.29 Å². The van der Waals surface area contributed by atoms with Crippen LogP contribution in [-0.4, -0.2) is 43.4 Å². The van der Waals surface area contributed by atoms with Crippen LogP contribution in [0.4, 0.5) is 0 Å². The molecule has 1 radical (unpaired) electrons. The van der Waals surface area contributed by atoms with Crippen LogP contribution in [0.3, 0.4) is 0 Å². The first-order valence-corrected chi connectivity index (χ1v) is 4.92. The second kappa shape index (κ2) is 8.17. The minimum atomic E-state index is -0.456. The van der Waals surface area contributed by atoms with E-state index in [2.05, 4.69) is 6.92 Å². The maximum Gasteiger partial charge on any atom is 0.158 e. The fourth-order valence-electron chi connectivity index (χ4n) is 0.876. The van der Waals surface area contributed by atoms with Gasteiger partial charge < -0.3 is 19.3 Å². The zero-order chi connectivity index (χ0) is 11.0. The van der Waals surface area contributed by atoms with E-state index in [-0.39, 0.29) is 18.8 Å². The minimum Gasteiger partial charge on any atom is -0.394 e. The Balaban J connectivity index is 3.49. The second-order valence-electron chi connectivity index (χ2n) is 3.16. The molecule has 0 saturated heterocycles. The second-order valence-corrected chi connectivity index (χ2v) is 3.16. The zero-order valence-corrected chi connectivity index (χ0v) is 9.23. The number of hydrogen-bond donors (Lipinski definition) is 1. The summed E-state index contributed by atoms with van der Waals surface area (Å²) in [5.41, 5.74) is 0. The van der Waals surface area contributed by atoms with E-state index in [4.69, 9.17) is 19.3 Å². The molecular weight excluding hydrogens is 184 g/mol. The van der Waals surface area contributed by atoms with Gasteiger partial charge in [-0.3, -0.25) is 0 Å². The molecule has 0 fully saturated rings. The molecule has 0 amide bonds. The van der Waals surface area contributed by atoms with Gasteiger partial charge in [0, 0.05) is 13.5 Å². The Bertz CT molecular complexity index is 129. The molecule has 0 aliphatic rings. The van der Waals surface area contributed by atoms with Gasteiger partial charge in [0.2, 0.25) is 0 Å². The molecule has 0 aromatic carbocycles. The summed E-state index contributed by atoms with van der Waals surface area (Å²) >= 11 is 0. The van der Waals surface area contributed by atoms with Crippen LogP contribution >= 0.6 is 0 Å². The Morgan fingerprint density at radius 2 is 1.86 bits per heavy atom. The lowest BCUT2D eigenvalue weighted by Gasteiger charge is -2.20. The van der Waals surface area contributed by atoms with Crippen LogP contribution < -0.4 is 0 Å². The molecule has 0 aliphatic carbocycles. The summed E-state index contributed by atoms with van der Waals surface area (Å²) in [5.74, 6) is 0. The molecule has 0 heterocycles. The fraction of sp³-hybridized carbons (Fsp3) is 0.900. The quantitative estimate of drug-likeness (QED) is 0.600. The minimum absolute atomic E-state index is 0.0198. The molecule has 1 N–H and O–H groups in total. The van der Waals surface area contributed by atoms with Crippen LogP contribution in [0.15, 0.2) is 0 Å². The SMILES string of the molecule is [CH2]C(OCC)OC(C)COC(C)CO. The van der Waals surface area contributed by atoms with Crippen molar-refractivity contribution in [2.24, 2.45) is 0 Å². The van der Waals surface area contributed by atoms with E-state index < -0.39 is 6.29 Å². The summed E-state index contributed by atoms with van der Waals surface area (Å²) < 4.78 is 15.7. The van der Waals surface area contributed by atoms with Crippen LogP contribution in [0.1, 0.15) is 20.8 Å². The van der Waals surface area contributed by atoms with Gasteiger partial charge >= 0.3 is 0 Å². The smallest absolute Gasteiger partial charge is 0.158 e. The van der Waals surface area contributed by atoms with Gasteiger partial charge in [-0.1, -0.05) is 0 Å². The van der Waals surface area contributed by atoms with E-state index >= 15 is 0 Å². The molecule has 14 heavy (non-hydrogen) atoms. The highest BCUT2D eigenvalue weighted by Gasteiger charge is 2.10. The van der Waals surface area contributed by atoms with E-state index in [0.29, 0.717) is 13.2 Å². The third-order valence-electron chi connectivity index (χ3n) is 1.61. The van der Waals surface area contributed by atoms with E-state index in [0.717, 1.165) is 0 Å². The van der Waals surface area contributed by atoms with Gasteiger partial charge in [-0.15, -0.1) is 0 Å². The van der Waals surface area contributed by atoms with Crippen LogP contribution in [0, 0.1) is 6.92 Å². The first kappa shape index (κ1) is 13.8. The average Bonchev–Trinajstić information content (AvgIpc) is 2.14. The molecule has 85 valence electrons. The fourth-order valence-corrected chi connectivity index (χ4v) is 0.876. The Morgan fingerprint density at radius 1 is 1.21 bits per heavy atom. The average molecular weight is 205 g/mol. The number of aliphatic hydroxyl groups excluding tert-OH is 1. The first-order chi connectivity index (χ1) is 6.60. The summed E-state index contributed by atoms with van der Waals surface area (Å²) in [6.07, 6.45) is -0.697. The van der Waals surface area contributed by atoms with Gasteiger partial charge in [-0.2, -0.15) is 0 Å².